The molecule has 1 aromatic heterocycles. The molecule has 3 nitrogen and oxygen atoms in total. The van der Waals surface area contributed by atoms with Crippen LogP contribution in [0.1, 0.15) is 24.3 Å². The Morgan fingerprint density at radius 2 is 2.04 bits per heavy atom. The van der Waals surface area contributed by atoms with Gasteiger partial charge in [0.15, 0.2) is 0 Å². The minimum Gasteiger partial charge on any atom is -0.482 e. The summed E-state index contributed by atoms with van der Waals surface area (Å²) in [5.41, 5.74) is 1.92. The van der Waals surface area contributed by atoms with Crippen LogP contribution < -0.4 is 5.32 Å². The molecule has 3 heterocycles. The number of ether oxygens (including phenoxy) is 1. The molecule has 0 spiro atoms. The third-order valence-electron chi connectivity index (χ3n) is 4.10. The van der Waals surface area contributed by atoms with E-state index < -0.39 is 11.4 Å². The van der Waals surface area contributed by atoms with Gasteiger partial charge in [-0.25, -0.2) is 4.39 Å². The highest BCUT2D eigenvalue weighted by Gasteiger charge is 2.38. The van der Waals surface area contributed by atoms with Crippen molar-refractivity contribution in [2.45, 2.75) is 19.4 Å². The molecule has 0 bridgehead atoms. The smallest absolute Gasteiger partial charge is 0.260 e. The van der Waals surface area contributed by atoms with Crippen molar-refractivity contribution in [2.24, 2.45) is 0 Å². The van der Waals surface area contributed by atoms with Gasteiger partial charge in [0.1, 0.15) is 17.2 Å². The summed E-state index contributed by atoms with van der Waals surface area (Å²) in [6.07, 6.45) is 1.87. The van der Waals surface area contributed by atoms with Gasteiger partial charge in [0, 0.05) is 16.0 Å². The maximum absolute atomic E-state index is 13.4. The van der Waals surface area contributed by atoms with E-state index in [0.717, 1.165) is 10.5 Å². The second-order valence-corrected chi connectivity index (χ2v) is 7.87. The molecular formula is C18H13ClFNO2S. The molecule has 0 aliphatic carbocycles. The van der Waals surface area contributed by atoms with Crippen LogP contribution in [-0.2, 0) is 9.53 Å². The molecule has 2 aromatic rings. The summed E-state index contributed by atoms with van der Waals surface area (Å²) in [7, 11) is 0. The van der Waals surface area contributed by atoms with E-state index in [1.807, 2.05) is 32.1 Å². The summed E-state index contributed by atoms with van der Waals surface area (Å²) >= 11 is 7.50. The molecule has 0 fully saturated rings. The number of halogens is 2. The molecule has 122 valence electrons. The Morgan fingerprint density at radius 3 is 2.75 bits per heavy atom. The molecule has 24 heavy (non-hydrogen) atoms. The number of carbonyl (C=O) groups excluding carboxylic acids is 1. The summed E-state index contributed by atoms with van der Waals surface area (Å²) in [6.45, 7) is 3.89. The maximum atomic E-state index is 13.4. The fourth-order valence-corrected chi connectivity index (χ4v) is 4.21. The third-order valence-corrected chi connectivity index (χ3v) is 5.36. The van der Waals surface area contributed by atoms with Crippen LogP contribution in [0.2, 0.25) is 4.34 Å². The molecule has 2 aliphatic heterocycles. The van der Waals surface area contributed by atoms with E-state index in [1.165, 1.54) is 23.5 Å². The minimum absolute atomic E-state index is 0.289. The quantitative estimate of drug-likeness (QED) is 0.718. The summed E-state index contributed by atoms with van der Waals surface area (Å²) in [5, 5.41) is 2.69. The molecule has 1 amide bonds. The van der Waals surface area contributed by atoms with Crippen molar-refractivity contribution in [1.29, 1.82) is 0 Å². The number of amides is 1. The number of nitrogens with one attached hydrogen (secondary N) is 1. The first kappa shape index (κ1) is 15.4. The molecular weight excluding hydrogens is 349 g/mol. The van der Waals surface area contributed by atoms with Gasteiger partial charge in [0.25, 0.3) is 5.91 Å². The molecule has 0 saturated carbocycles. The third kappa shape index (κ3) is 2.36. The van der Waals surface area contributed by atoms with Crippen LogP contribution in [0.3, 0.4) is 0 Å². The molecule has 1 N–H and O–H groups in total. The van der Waals surface area contributed by atoms with Gasteiger partial charge in [-0.05, 0) is 50.3 Å². The maximum Gasteiger partial charge on any atom is 0.260 e. The number of thiophene rings is 1. The van der Waals surface area contributed by atoms with Gasteiger partial charge in [-0.15, -0.1) is 11.3 Å². The first-order valence-electron chi connectivity index (χ1n) is 7.37. The number of rotatable bonds is 1. The lowest BCUT2D eigenvalue weighted by atomic mass is 9.98. The van der Waals surface area contributed by atoms with E-state index in [-0.39, 0.29) is 5.91 Å². The van der Waals surface area contributed by atoms with Crippen LogP contribution >= 0.6 is 22.9 Å². The molecule has 0 radical (unpaired) electrons. The van der Waals surface area contributed by atoms with Crippen molar-refractivity contribution in [3.8, 4) is 0 Å². The van der Waals surface area contributed by atoms with Gasteiger partial charge in [0.2, 0.25) is 0 Å². The van der Waals surface area contributed by atoms with E-state index in [1.54, 1.807) is 6.07 Å². The second kappa shape index (κ2) is 5.19. The second-order valence-electron chi connectivity index (χ2n) is 6.16. The average Bonchev–Trinajstić information content (AvgIpc) is 3.13. The van der Waals surface area contributed by atoms with Crippen molar-refractivity contribution < 1.29 is 13.9 Å². The van der Waals surface area contributed by atoms with Crippen LogP contribution in [0, 0.1) is 5.82 Å². The monoisotopic (exact) mass is 361 g/mol. The predicted octanol–water partition coefficient (Wildman–Crippen LogP) is 5.10. The lowest BCUT2D eigenvalue weighted by Crippen LogP contribution is -2.20. The van der Waals surface area contributed by atoms with Crippen molar-refractivity contribution in [3.63, 3.8) is 0 Å². The van der Waals surface area contributed by atoms with Crippen LogP contribution in [0.15, 0.2) is 42.2 Å². The van der Waals surface area contributed by atoms with Crippen molar-refractivity contribution in [2.75, 3.05) is 5.32 Å². The Balaban J connectivity index is 1.87. The number of fused-ring (bicyclic) bond motifs is 1. The molecule has 6 heteroatoms. The summed E-state index contributed by atoms with van der Waals surface area (Å²) < 4.78 is 20.1. The van der Waals surface area contributed by atoms with E-state index in [2.05, 4.69) is 5.32 Å². The van der Waals surface area contributed by atoms with Gasteiger partial charge in [-0.2, -0.15) is 0 Å². The van der Waals surface area contributed by atoms with Crippen molar-refractivity contribution in [3.05, 3.63) is 62.8 Å². The minimum atomic E-state index is -0.584. The normalized spacial score (nSPS) is 21.3. The Hall–Kier alpha value is -2.11. The zero-order valence-electron chi connectivity index (χ0n) is 12.9. The zero-order chi connectivity index (χ0) is 17.1. The highest BCUT2D eigenvalue weighted by Crippen LogP contribution is 2.46. The SMILES string of the molecule is CC1(C)O/C(=C2/C(=O)Nc3cc(F)ccc32)C=C1c1ccc(Cl)s1. The summed E-state index contributed by atoms with van der Waals surface area (Å²) in [6, 6.07) is 8.02. The van der Waals surface area contributed by atoms with E-state index in [9.17, 15) is 9.18 Å². The van der Waals surface area contributed by atoms with Gasteiger partial charge < -0.3 is 10.1 Å². The number of carbonyl (C=O) groups is 1. The number of allylic oxidation sites excluding steroid dienone is 1. The fraction of sp³-hybridized carbons (Fsp3) is 0.167. The molecule has 0 unspecified atom stereocenters. The highest BCUT2D eigenvalue weighted by atomic mass is 35.5. The summed E-state index contributed by atoms with van der Waals surface area (Å²) in [5.74, 6) is -0.192. The Kier molecular flexibility index (Phi) is 3.34. The molecule has 4 rings (SSSR count). The fourth-order valence-electron chi connectivity index (χ4n) is 3.00. The van der Waals surface area contributed by atoms with Gasteiger partial charge in [-0.1, -0.05) is 11.6 Å². The van der Waals surface area contributed by atoms with Crippen LogP contribution in [0.4, 0.5) is 10.1 Å². The van der Waals surface area contributed by atoms with E-state index in [4.69, 9.17) is 16.3 Å². The Bertz CT molecular complexity index is 942. The largest absolute Gasteiger partial charge is 0.482 e. The van der Waals surface area contributed by atoms with Gasteiger partial charge in [-0.3, -0.25) is 4.79 Å². The highest BCUT2D eigenvalue weighted by molar-refractivity contribution is 7.17. The first-order chi connectivity index (χ1) is 11.3. The first-order valence-corrected chi connectivity index (χ1v) is 8.57. The van der Waals surface area contributed by atoms with E-state index in [0.29, 0.717) is 26.9 Å². The number of hydrogen-bond donors (Lipinski definition) is 1. The van der Waals surface area contributed by atoms with Crippen molar-refractivity contribution >= 4 is 45.7 Å². The molecule has 2 aliphatic rings. The lowest BCUT2D eigenvalue weighted by Gasteiger charge is -2.22. The van der Waals surface area contributed by atoms with Crippen LogP contribution in [-0.4, -0.2) is 11.5 Å². The van der Waals surface area contributed by atoms with Crippen LogP contribution in [0.25, 0.3) is 11.1 Å². The van der Waals surface area contributed by atoms with E-state index >= 15 is 0 Å². The van der Waals surface area contributed by atoms with Gasteiger partial charge >= 0.3 is 0 Å². The average molecular weight is 362 g/mol. The predicted molar refractivity (Wildman–Crippen MR) is 94.4 cm³/mol. The number of benzene rings is 1. The van der Waals surface area contributed by atoms with Gasteiger partial charge in [0.05, 0.1) is 15.6 Å². The Morgan fingerprint density at radius 1 is 1.25 bits per heavy atom. The van der Waals surface area contributed by atoms with Crippen LogP contribution in [0.5, 0.6) is 0 Å². The summed E-state index contributed by atoms with van der Waals surface area (Å²) in [4.78, 5) is 13.4. The zero-order valence-corrected chi connectivity index (χ0v) is 14.5. The molecule has 0 saturated heterocycles. The molecule has 1 aromatic carbocycles. The topological polar surface area (TPSA) is 38.3 Å². The lowest BCUT2D eigenvalue weighted by molar-refractivity contribution is -0.111. The molecule has 0 atom stereocenters. The number of anilines is 1. The Labute approximate surface area is 147 Å². The number of hydrogen-bond acceptors (Lipinski definition) is 3. The van der Waals surface area contributed by atoms with Crippen molar-refractivity contribution in [1.82, 2.24) is 0 Å². The standard InChI is InChI=1S/C18H13ClFNO2S/c1-18(2)11(14-5-6-15(19)24-14)8-13(23-18)16-10-4-3-9(20)7-12(10)21-17(16)22/h3-8H,1-2H3,(H,21,22)/b16-13+.